The highest BCUT2D eigenvalue weighted by Crippen LogP contribution is 2.49. The molecule has 0 saturated carbocycles. The fraction of sp³-hybridized carbons (Fsp3) is 0.550. The number of likely N-dealkylation sites (tertiary alicyclic amines) is 1. The molecule has 144 valence electrons. The van der Waals surface area contributed by atoms with Crippen LogP contribution in [0.25, 0.3) is 0 Å². The molecule has 1 aromatic heterocycles. The maximum absolute atomic E-state index is 13.0. The van der Waals surface area contributed by atoms with Gasteiger partial charge in [-0.25, -0.2) is 4.79 Å². The number of carbonyl (C=O) groups excluding carboxylic acids is 1. The molecule has 2 aliphatic heterocycles. The molecule has 2 saturated heterocycles. The molecule has 3 heterocycles. The summed E-state index contributed by atoms with van der Waals surface area (Å²) in [5.41, 5.74) is 3.05. The number of aryl methyl sites for hydroxylation is 2. The third-order valence-corrected chi connectivity index (χ3v) is 6.11. The molecule has 7 nitrogen and oxygen atoms in total. The van der Waals surface area contributed by atoms with Crippen LogP contribution in [0.1, 0.15) is 41.6 Å². The second-order valence-corrected chi connectivity index (χ2v) is 7.77. The molecule has 1 spiro atoms. The Hall–Kier alpha value is -2.41. The van der Waals surface area contributed by atoms with Crippen LogP contribution in [0.15, 0.2) is 22.7 Å². The molecular formula is C20H26N4O3. The van der Waals surface area contributed by atoms with Gasteiger partial charge in [-0.3, -0.25) is 0 Å². The van der Waals surface area contributed by atoms with E-state index in [0.717, 1.165) is 29.7 Å². The molecule has 1 atom stereocenters. The molecule has 27 heavy (non-hydrogen) atoms. The molecule has 1 N–H and O–H groups in total. The lowest BCUT2D eigenvalue weighted by atomic mass is 9.72. The number of ether oxygens (including phenoxy) is 1. The zero-order valence-corrected chi connectivity index (χ0v) is 16.1. The number of nitrogens with one attached hydrogen (secondary N) is 1. The molecule has 0 bridgehead atoms. The average Bonchev–Trinajstić information content (AvgIpc) is 3.23. The van der Waals surface area contributed by atoms with E-state index in [1.165, 1.54) is 0 Å². The Bertz CT molecular complexity index is 842. The number of amides is 2. The second kappa shape index (κ2) is 6.96. The molecule has 0 radical (unpaired) electrons. The first-order valence-electron chi connectivity index (χ1n) is 9.49. The second-order valence-electron chi connectivity index (χ2n) is 7.77. The molecule has 2 aliphatic rings. The summed E-state index contributed by atoms with van der Waals surface area (Å²) in [4.78, 5) is 19.4. The zero-order valence-electron chi connectivity index (χ0n) is 16.1. The van der Waals surface area contributed by atoms with E-state index >= 15 is 0 Å². The average molecular weight is 370 g/mol. The fourth-order valence-corrected chi connectivity index (χ4v) is 4.28. The van der Waals surface area contributed by atoms with Gasteiger partial charge in [0.05, 0.1) is 5.92 Å². The van der Waals surface area contributed by atoms with E-state index in [1.54, 1.807) is 0 Å². The molecule has 2 fully saturated rings. The van der Waals surface area contributed by atoms with Crippen LogP contribution in [0.5, 0.6) is 0 Å². The molecule has 1 aromatic carbocycles. The van der Waals surface area contributed by atoms with Gasteiger partial charge in [0, 0.05) is 37.4 Å². The Labute approximate surface area is 159 Å². The van der Waals surface area contributed by atoms with Gasteiger partial charge in [-0.1, -0.05) is 17.3 Å². The summed E-state index contributed by atoms with van der Waals surface area (Å²) < 4.78 is 11.1. The van der Waals surface area contributed by atoms with Gasteiger partial charge in [0.15, 0.2) is 5.82 Å². The van der Waals surface area contributed by atoms with Crippen LogP contribution in [-0.2, 0) is 4.74 Å². The minimum atomic E-state index is -0.0756. The molecule has 0 unspecified atom stereocenters. The number of benzene rings is 1. The van der Waals surface area contributed by atoms with Crippen molar-refractivity contribution < 1.29 is 14.1 Å². The van der Waals surface area contributed by atoms with Crippen molar-refractivity contribution in [3.05, 3.63) is 41.0 Å². The summed E-state index contributed by atoms with van der Waals surface area (Å²) in [6.07, 6.45) is 1.79. The van der Waals surface area contributed by atoms with Crippen molar-refractivity contribution >= 4 is 11.7 Å². The summed E-state index contributed by atoms with van der Waals surface area (Å²) in [7, 11) is 0. The van der Waals surface area contributed by atoms with Gasteiger partial charge in [0.1, 0.15) is 0 Å². The van der Waals surface area contributed by atoms with E-state index in [1.807, 2.05) is 43.9 Å². The normalized spacial score (nSPS) is 21.6. The van der Waals surface area contributed by atoms with E-state index < -0.39 is 0 Å². The van der Waals surface area contributed by atoms with Crippen LogP contribution < -0.4 is 5.32 Å². The largest absolute Gasteiger partial charge is 0.381 e. The number of hydrogen-bond acceptors (Lipinski definition) is 5. The molecular weight excluding hydrogens is 344 g/mol. The third kappa shape index (κ3) is 3.32. The lowest BCUT2D eigenvalue weighted by Crippen LogP contribution is -2.38. The molecule has 0 aliphatic carbocycles. The predicted molar refractivity (Wildman–Crippen MR) is 101 cm³/mol. The number of anilines is 1. The third-order valence-electron chi connectivity index (χ3n) is 6.11. The predicted octanol–water partition coefficient (Wildman–Crippen LogP) is 3.42. The number of urea groups is 1. The monoisotopic (exact) mass is 370 g/mol. The Balaban J connectivity index is 1.57. The maximum Gasteiger partial charge on any atom is 0.321 e. The first-order chi connectivity index (χ1) is 13.0. The number of aromatic nitrogens is 2. The van der Waals surface area contributed by atoms with Crippen molar-refractivity contribution in [3.63, 3.8) is 0 Å². The van der Waals surface area contributed by atoms with Crippen LogP contribution >= 0.6 is 0 Å². The smallest absolute Gasteiger partial charge is 0.321 e. The molecule has 2 amide bonds. The maximum atomic E-state index is 13.0. The van der Waals surface area contributed by atoms with Gasteiger partial charge >= 0.3 is 6.03 Å². The van der Waals surface area contributed by atoms with E-state index in [2.05, 4.69) is 15.5 Å². The summed E-state index contributed by atoms with van der Waals surface area (Å²) in [5.74, 6) is 1.31. The first kappa shape index (κ1) is 18.0. The lowest BCUT2D eigenvalue weighted by molar-refractivity contribution is 0.00959. The number of rotatable bonds is 2. The Morgan fingerprint density at radius 2 is 2.04 bits per heavy atom. The minimum Gasteiger partial charge on any atom is -0.381 e. The quantitative estimate of drug-likeness (QED) is 0.876. The fourth-order valence-electron chi connectivity index (χ4n) is 4.28. The Morgan fingerprint density at radius 1 is 1.26 bits per heavy atom. The zero-order chi connectivity index (χ0) is 19.0. The number of carbonyl (C=O) groups is 1. The van der Waals surface area contributed by atoms with Crippen molar-refractivity contribution in [2.75, 3.05) is 31.6 Å². The van der Waals surface area contributed by atoms with Crippen LogP contribution in [0.2, 0.25) is 0 Å². The van der Waals surface area contributed by atoms with E-state index in [-0.39, 0.29) is 17.4 Å². The van der Waals surface area contributed by atoms with Crippen molar-refractivity contribution in [2.24, 2.45) is 5.41 Å². The van der Waals surface area contributed by atoms with Gasteiger partial charge in [-0.05, 0) is 50.8 Å². The summed E-state index contributed by atoms with van der Waals surface area (Å²) in [5, 5.41) is 7.04. The number of nitrogens with zero attached hydrogens (tertiary/aromatic N) is 3. The van der Waals surface area contributed by atoms with Crippen LogP contribution in [0, 0.1) is 26.2 Å². The van der Waals surface area contributed by atoms with Gasteiger partial charge in [-0.2, -0.15) is 4.98 Å². The highest BCUT2D eigenvalue weighted by atomic mass is 16.5. The van der Waals surface area contributed by atoms with Gasteiger partial charge < -0.3 is 19.5 Å². The van der Waals surface area contributed by atoms with Gasteiger partial charge in [-0.15, -0.1) is 0 Å². The van der Waals surface area contributed by atoms with Crippen molar-refractivity contribution in [1.82, 2.24) is 15.0 Å². The van der Waals surface area contributed by atoms with Crippen molar-refractivity contribution in [1.29, 1.82) is 0 Å². The van der Waals surface area contributed by atoms with Gasteiger partial charge in [0.2, 0.25) is 5.89 Å². The highest BCUT2D eigenvalue weighted by molar-refractivity contribution is 5.90. The van der Waals surface area contributed by atoms with E-state index in [0.29, 0.717) is 38.0 Å². The minimum absolute atomic E-state index is 0.0481. The molecule has 4 rings (SSSR count). The van der Waals surface area contributed by atoms with Crippen LogP contribution in [0.3, 0.4) is 0 Å². The Kier molecular flexibility index (Phi) is 4.63. The summed E-state index contributed by atoms with van der Waals surface area (Å²) in [6.45, 7) is 8.57. The Morgan fingerprint density at radius 3 is 2.74 bits per heavy atom. The van der Waals surface area contributed by atoms with E-state index in [9.17, 15) is 4.79 Å². The van der Waals surface area contributed by atoms with Gasteiger partial charge in [0.25, 0.3) is 0 Å². The highest BCUT2D eigenvalue weighted by Gasteiger charge is 2.51. The SMILES string of the molecule is Cc1noc([C@H]2CN(C(=O)Nc3cccc(C)c3C)CC23CCOCC3)n1. The van der Waals surface area contributed by atoms with Crippen molar-refractivity contribution in [3.8, 4) is 0 Å². The van der Waals surface area contributed by atoms with Crippen molar-refractivity contribution in [2.45, 2.75) is 39.5 Å². The number of hydrogen-bond donors (Lipinski definition) is 1. The lowest BCUT2D eigenvalue weighted by Gasteiger charge is -2.36. The topological polar surface area (TPSA) is 80.5 Å². The van der Waals surface area contributed by atoms with E-state index in [4.69, 9.17) is 9.26 Å². The van der Waals surface area contributed by atoms with Crippen LogP contribution in [-0.4, -0.2) is 47.4 Å². The first-order valence-corrected chi connectivity index (χ1v) is 9.49. The summed E-state index contributed by atoms with van der Waals surface area (Å²) in [6, 6.07) is 5.88. The molecule has 7 heteroatoms. The summed E-state index contributed by atoms with van der Waals surface area (Å²) >= 11 is 0. The molecule has 2 aromatic rings. The van der Waals surface area contributed by atoms with Crippen LogP contribution in [0.4, 0.5) is 10.5 Å². The standard InChI is InChI=1S/C20H26N4O3/c1-13-5-4-6-17(14(13)2)22-19(25)24-11-16(18-21-15(3)23-27-18)20(12-24)7-9-26-10-8-20/h4-6,16H,7-12H2,1-3H3,(H,22,25)/t16-/m1/s1.